The lowest BCUT2D eigenvalue weighted by Gasteiger charge is -2.37. The van der Waals surface area contributed by atoms with Crippen LogP contribution < -0.4 is 0 Å². The fraction of sp³-hybridized carbons (Fsp3) is 0.379. The number of benzene rings is 2. The topological polar surface area (TPSA) is 53.8 Å². The summed E-state index contributed by atoms with van der Waals surface area (Å²) in [7, 11) is 0. The Morgan fingerprint density at radius 3 is 2.24 bits per heavy atom. The first-order valence-electron chi connectivity index (χ1n) is 12.0. The Morgan fingerprint density at radius 1 is 0.941 bits per heavy atom. The second kappa shape index (κ2) is 10.3. The minimum atomic E-state index is -0.452. The van der Waals surface area contributed by atoms with Gasteiger partial charge in [-0.05, 0) is 62.8 Å². The minimum absolute atomic E-state index is 0.0581. The van der Waals surface area contributed by atoms with Crippen LogP contribution in [0.25, 0.3) is 0 Å². The molecule has 0 spiro atoms. The van der Waals surface area contributed by atoms with Gasteiger partial charge in [0.1, 0.15) is 12.3 Å². The highest BCUT2D eigenvalue weighted by Gasteiger charge is 2.47. The zero-order valence-electron chi connectivity index (χ0n) is 20.3. The van der Waals surface area contributed by atoms with E-state index < -0.39 is 5.54 Å². The molecule has 1 aliphatic rings. The molecule has 0 aliphatic heterocycles. The van der Waals surface area contributed by atoms with Crippen molar-refractivity contribution >= 4 is 11.8 Å². The molecular formula is C29H34N2O3. The molecule has 0 bridgehead atoms. The van der Waals surface area contributed by atoms with Gasteiger partial charge in [0.05, 0.1) is 12.8 Å². The van der Waals surface area contributed by atoms with E-state index in [1.807, 2.05) is 69.3 Å². The molecule has 1 aliphatic carbocycles. The highest BCUT2D eigenvalue weighted by Crippen LogP contribution is 2.49. The molecule has 0 radical (unpaired) electrons. The molecule has 5 heteroatoms. The van der Waals surface area contributed by atoms with Gasteiger partial charge in [0.2, 0.25) is 11.8 Å². The number of carbonyl (C=O) groups is 2. The third-order valence-electron chi connectivity index (χ3n) is 6.50. The molecule has 1 saturated carbocycles. The van der Waals surface area contributed by atoms with E-state index in [2.05, 4.69) is 24.3 Å². The van der Waals surface area contributed by atoms with Crippen molar-refractivity contribution in [3.63, 3.8) is 0 Å². The molecule has 2 unspecified atom stereocenters. The van der Waals surface area contributed by atoms with Crippen LogP contribution in [-0.2, 0) is 22.6 Å². The second-order valence-electron chi connectivity index (χ2n) is 10.1. The summed E-state index contributed by atoms with van der Waals surface area (Å²) < 4.78 is 5.52. The molecule has 0 saturated heterocycles. The quantitative estimate of drug-likeness (QED) is 0.438. The zero-order valence-corrected chi connectivity index (χ0v) is 20.3. The van der Waals surface area contributed by atoms with E-state index in [1.54, 1.807) is 16.1 Å². The monoisotopic (exact) mass is 458 g/mol. The number of rotatable bonds is 9. The van der Waals surface area contributed by atoms with Crippen LogP contribution in [0.5, 0.6) is 0 Å². The first kappa shape index (κ1) is 23.8. The molecule has 0 N–H and O–H groups in total. The van der Waals surface area contributed by atoms with Crippen LogP contribution in [0.15, 0.2) is 83.5 Å². The molecule has 178 valence electrons. The minimum Gasteiger partial charge on any atom is -0.467 e. The average Bonchev–Trinajstić information content (AvgIpc) is 3.47. The Balaban J connectivity index is 1.46. The number of amides is 2. The molecule has 3 aromatic rings. The SMILES string of the molecule is CC(C)(C)N(CC(=O)N(CCc1ccccc1)Cc1ccco1)C(=O)C1CC1c1ccccc1. The van der Waals surface area contributed by atoms with E-state index in [1.165, 1.54) is 11.1 Å². The Kier molecular flexibility index (Phi) is 7.20. The maximum absolute atomic E-state index is 13.5. The maximum atomic E-state index is 13.5. The van der Waals surface area contributed by atoms with Gasteiger partial charge in [0.15, 0.2) is 0 Å². The normalized spacial score (nSPS) is 17.3. The lowest BCUT2D eigenvalue weighted by atomic mass is 10.0. The van der Waals surface area contributed by atoms with Gasteiger partial charge in [-0.3, -0.25) is 9.59 Å². The fourth-order valence-electron chi connectivity index (χ4n) is 4.41. The largest absolute Gasteiger partial charge is 0.467 e. The first-order chi connectivity index (χ1) is 16.3. The number of furan rings is 1. The summed E-state index contributed by atoms with van der Waals surface area (Å²) in [6, 6.07) is 24.0. The van der Waals surface area contributed by atoms with E-state index in [4.69, 9.17) is 4.42 Å². The molecule has 4 rings (SSSR count). The van der Waals surface area contributed by atoms with Gasteiger partial charge < -0.3 is 14.2 Å². The summed E-state index contributed by atoms with van der Waals surface area (Å²) in [6.45, 7) is 7.01. The smallest absolute Gasteiger partial charge is 0.242 e. The van der Waals surface area contributed by atoms with Crippen LogP contribution in [0.1, 0.15) is 50.0 Å². The maximum Gasteiger partial charge on any atom is 0.242 e. The van der Waals surface area contributed by atoms with Crippen molar-refractivity contribution in [2.24, 2.45) is 5.92 Å². The molecular weight excluding hydrogens is 424 g/mol. The zero-order chi connectivity index (χ0) is 24.1. The van der Waals surface area contributed by atoms with E-state index in [-0.39, 0.29) is 30.2 Å². The van der Waals surface area contributed by atoms with E-state index in [0.29, 0.717) is 13.1 Å². The highest BCUT2D eigenvalue weighted by molar-refractivity contribution is 5.88. The van der Waals surface area contributed by atoms with Crippen molar-refractivity contribution in [3.8, 4) is 0 Å². The molecule has 34 heavy (non-hydrogen) atoms. The van der Waals surface area contributed by atoms with Crippen molar-refractivity contribution in [1.29, 1.82) is 0 Å². The Morgan fingerprint density at radius 2 is 1.62 bits per heavy atom. The molecule has 2 atom stereocenters. The van der Waals surface area contributed by atoms with Crippen LogP contribution in [0.4, 0.5) is 0 Å². The number of hydrogen-bond donors (Lipinski definition) is 0. The van der Waals surface area contributed by atoms with E-state index >= 15 is 0 Å². The lowest BCUT2D eigenvalue weighted by Crippen LogP contribution is -2.52. The van der Waals surface area contributed by atoms with Crippen molar-refractivity contribution in [1.82, 2.24) is 9.80 Å². The molecule has 5 nitrogen and oxygen atoms in total. The average molecular weight is 459 g/mol. The standard InChI is InChI=1S/C29H34N2O3/c1-29(2,3)31(28(33)26-19-25(26)23-13-8-5-9-14-23)21-27(32)30(20-24-15-10-18-34-24)17-16-22-11-6-4-7-12-22/h4-15,18,25-26H,16-17,19-21H2,1-3H3. The van der Waals surface area contributed by atoms with Crippen LogP contribution in [0.2, 0.25) is 0 Å². The fourth-order valence-corrected chi connectivity index (χ4v) is 4.41. The molecule has 1 fully saturated rings. The number of nitrogens with zero attached hydrogens (tertiary/aromatic N) is 2. The highest BCUT2D eigenvalue weighted by atomic mass is 16.3. The molecule has 1 aromatic heterocycles. The summed E-state index contributed by atoms with van der Waals surface area (Å²) in [5.74, 6) is 0.924. The summed E-state index contributed by atoms with van der Waals surface area (Å²) in [5.41, 5.74) is 1.92. The predicted molar refractivity (Wildman–Crippen MR) is 133 cm³/mol. The number of carbonyl (C=O) groups excluding carboxylic acids is 2. The lowest BCUT2D eigenvalue weighted by molar-refractivity contribution is -0.146. The summed E-state index contributed by atoms with van der Waals surface area (Å²) in [6.07, 6.45) is 3.21. The van der Waals surface area contributed by atoms with Gasteiger partial charge in [0.25, 0.3) is 0 Å². The van der Waals surface area contributed by atoms with Crippen molar-refractivity contribution in [2.45, 2.75) is 51.6 Å². The first-order valence-corrected chi connectivity index (χ1v) is 12.0. The Bertz CT molecular complexity index is 1070. The van der Waals surface area contributed by atoms with E-state index in [9.17, 15) is 9.59 Å². The van der Waals surface area contributed by atoms with E-state index in [0.717, 1.165) is 18.6 Å². The van der Waals surface area contributed by atoms with Crippen LogP contribution in [0.3, 0.4) is 0 Å². The predicted octanol–water partition coefficient (Wildman–Crippen LogP) is 5.28. The Labute approximate surface area is 202 Å². The van der Waals surface area contributed by atoms with Gasteiger partial charge in [-0.2, -0.15) is 0 Å². The molecule has 2 aromatic carbocycles. The van der Waals surface area contributed by atoms with Gasteiger partial charge in [-0.15, -0.1) is 0 Å². The van der Waals surface area contributed by atoms with Gasteiger partial charge in [-0.1, -0.05) is 60.7 Å². The van der Waals surface area contributed by atoms with Crippen molar-refractivity contribution < 1.29 is 14.0 Å². The second-order valence-corrected chi connectivity index (χ2v) is 10.1. The third-order valence-corrected chi connectivity index (χ3v) is 6.50. The Hall–Kier alpha value is -3.34. The van der Waals surface area contributed by atoms with Gasteiger partial charge in [-0.25, -0.2) is 0 Å². The molecule has 1 heterocycles. The van der Waals surface area contributed by atoms with Crippen molar-refractivity contribution in [3.05, 3.63) is 95.9 Å². The van der Waals surface area contributed by atoms with Gasteiger partial charge >= 0.3 is 0 Å². The summed E-state index contributed by atoms with van der Waals surface area (Å²) in [5, 5.41) is 0. The van der Waals surface area contributed by atoms with Crippen molar-refractivity contribution in [2.75, 3.05) is 13.1 Å². The van der Waals surface area contributed by atoms with Gasteiger partial charge in [0, 0.05) is 18.0 Å². The third kappa shape index (κ3) is 5.96. The summed E-state index contributed by atoms with van der Waals surface area (Å²) >= 11 is 0. The summed E-state index contributed by atoms with van der Waals surface area (Å²) in [4.78, 5) is 30.6. The van der Waals surface area contributed by atoms with Crippen LogP contribution in [0, 0.1) is 5.92 Å². The van der Waals surface area contributed by atoms with Crippen LogP contribution in [-0.4, -0.2) is 40.2 Å². The van der Waals surface area contributed by atoms with Crippen LogP contribution >= 0.6 is 0 Å². The molecule has 2 amide bonds. The number of hydrogen-bond acceptors (Lipinski definition) is 3.